The van der Waals surface area contributed by atoms with Crippen LogP contribution in [0.25, 0.3) is 22.3 Å². The molecule has 8 nitrogen and oxygen atoms in total. The third-order valence-electron chi connectivity index (χ3n) is 8.73. The number of carbonyl (C=O) groups is 2. The van der Waals surface area contributed by atoms with Gasteiger partial charge in [-0.3, -0.25) is 4.98 Å². The Morgan fingerprint density at radius 1 is 0.915 bits per heavy atom. The van der Waals surface area contributed by atoms with Crippen molar-refractivity contribution in [3.8, 4) is 28.0 Å². The monoisotopic (exact) mass is 634 g/mol. The number of aromatic nitrogens is 1. The first-order chi connectivity index (χ1) is 22.5. The average Bonchev–Trinajstić information content (AvgIpc) is 3.05. The van der Waals surface area contributed by atoms with E-state index in [0.717, 1.165) is 68.8 Å². The van der Waals surface area contributed by atoms with Crippen molar-refractivity contribution in [2.24, 2.45) is 0 Å². The van der Waals surface area contributed by atoms with Gasteiger partial charge in [0.2, 0.25) is 0 Å². The number of amides is 1. The first-order valence-electron chi connectivity index (χ1n) is 16.2. The number of carbonyl (C=O) groups excluding carboxylic acids is 1. The maximum atomic E-state index is 12.9. The highest BCUT2D eigenvalue weighted by molar-refractivity contribution is 5.91. The van der Waals surface area contributed by atoms with E-state index in [1.807, 2.05) is 83.1 Å². The van der Waals surface area contributed by atoms with Crippen LogP contribution in [0.15, 0.2) is 66.7 Å². The van der Waals surface area contributed by atoms with Crippen LogP contribution in [0.3, 0.4) is 0 Å². The highest BCUT2D eigenvalue weighted by Gasteiger charge is 2.34. The predicted molar refractivity (Wildman–Crippen MR) is 180 cm³/mol. The quantitative estimate of drug-likeness (QED) is 0.220. The molecule has 0 fully saturated rings. The number of hydrogen-bond donors (Lipinski definition) is 1. The van der Waals surface area contributed by atoms with Crippen LogP contribution in [-0.2, 0) is 40.3 Å². The molecule has 1 amide bonds. The number of ether oxygens (including phenoxy) is 3. The Balaban J connectivity index is 1.41. The van der Waals surface area contributed by atoms with Crippen molar-refractivity contribution in [3.05, 3.63) is 106 Å². The molecule has 8 heteroatoms. The lowest BCUT2D eigenvalue weighted by Crippen LogP contribution is -2.36. The Morgan fingerprint density at radius 2 is 1.64 bits per heavy atom. The van der Waals surface area contributed by atoms with E-state index in [2.05, 4.69) is 18.2 Å². The molecular formula is C39H42N2O6. The van der Waals surface area contributed by atoms with Crippen molar-refractivity contribution >= 4 is 12.1 Å². The van der Waals surface area contributed by atoms with Gasteiger partial charge in [0.15, 0.2) is 6.10 Å². The van der Waals surface area contributed by atoms with Gasteiger partial charge in [-0.05, 0) is 105 Å². The van der Waals surface area contributed by atoms with E-state index in [0.29, 0.717) is 37.4 Å². The molecule has 1 N–H and O–H groups in total. The molecule has 3 heterocycles. The number of fused-ring (bicyclic) bond motifs is 2. The summed E-state index contributed by atoms with van der Waals surface area (Å²) in [6.07, 6.45) is 0.935. The maximum absolute atomic E-state index is 12.9. The minimum Gasteiger partial charge on any atom is -0.493 e. The number of carboxylic acid groups (broad SMARTS) is 1. The van der Waals surface area contributed by atoms with E-state index in [1.54, 1.807) is 4.90 Å². The van der Waals surface area contributed by atoms with E-state index in [1.165, 1.54) is 0 Å². The summed E-state index contributed by atoms with van der Waals surface area (Å²) in [7, 11) is 0. The molecule has 0 saturated carbocycles. The molecule has 0 aliphatic carbocycles. The number of hydrogen-bond acceptors (Lipinski definition) is 6. The van der Waals surface area contributed by atoms with Crippen molar-refractivity contribution in [3.63, 3.8) is 0 Å². The van der Waals surface area contributed by atoms with Gasteiger partial charge >= 0.3 is 12.1 Å². The van der Waals surface area contributed by atoms with Crippen molar-refractivity contribution in [1.29, 1.82) is 0 Å². The highest BCUT2D eigenvalue weighted by Crippen LogP contribution is 2.44. The first kappa shape index (κ1) is 32.3. The highest BCUT2D eigenvalue weighted by atomic mass is 16.6. The predicted octanol–water partition coefficient (Wildman–Crippen LogP) is 7.99. The van der Waals surface area contributed by atoms with Crippen LogP contribution in [0.4, 0.5) is 4.79 Å². The third-order valence-corrected chi connectivity index (χ3v) is 8.73. The molecule has 1 aromatic heterocycles. The summed E-state index contributed by atoms with van der Waals surface area (Å²) in [5, 5.41) is 10.5. The number of aryl methyl sites for hydroxylation is 3. The Morgan fingerprint density at radius 3 is 2.38 bits per heavy atom. The smallest absolute Gasteiger partial charge is 0.410 e. The molecule has 3 aromatic carbocycles. The molecule has 0 radical (unpaired) electrons. The van der Waals surface area contributed by atoms with Crippen LogP contribution in [0, 0.1) is 13.8 Å². The first-order valence-corrected chi connectivity index (χ1v) is 16.2. The molecule has 2 aliphatic heterocycles. The zero-order valence-electron chi connectivity index (χ0n) is 27.8. The lowest BCUT2D eigenvalue weighted by Gasteiger charge is -2.30. The molecule has 0 spiro atoms. The summed E-state index contributed by atoms with van der Waals surface area (Å²) < 4.78 is 17.8. The summed E-state index contributed by atoms with van der Waals surface area (Å²) in [6.45, 7) is 11.3. The summed E-state index contributed by atoms with van der Waals surface area (Å²) in [5.74, 6) is -0.196. The zero-order valence-corrected chi connectivity index (χ0v) is 27.8. The van der Waals surface area contributed by atoms with Gasteiger partial charge in [-0.15, -0.1) is 0 Å². The van der Waals surface area contributed by atoms with Crippen LogP contribution < -0.4 is 4.74 Å². The van der Waals surface area contributed by atoms with Gasteiger partial charge < -0.3 is 24.2 Å². The zero-order chi connectivity index (χ0) is 33.3. The van der Waals surface area contributed by atoms with E-state index in [4.69, 9.17) is 19.2 Å². The molecule has 6 rings (SSSR count). The topological polar surface area (TPSA) is 98.2 Å². The third kappa shape index (κ3) is 7.03. The van der Waals surface area contributed by atoms with Crippen molar-refractivity contribution in [1.82, 2.24) is 9.88 Å². The molecule has 0 unspecified atom stereocenters. The number of benzene rings is 3. The average molecular weight is 635 g/mol. The summed E-state index contributed by atoms with van der Waals surface area (Å²) >= 11 is 0. The fourth-order valence-electron chi connectivity index (χ4n) is 6.62. The number of pyridine rings is 1. The molecule has 0 saturated heterocycles. The summed E-state index contributed by atoms with van der Waals surface area (Å²) in [5.41, 5.74) is 9.04. The van der Waals surface area contributed by atoms with Crippen LogP contribution >= 0.6 is 0 Å². The van der Waals surface area contributed by atoms with Gasteiger partial charge in [0.05, 0.1) is 12.2 Å². The molecule has 47 heavy (non-hydrogen) atoms. The Kier molecular flexibility index (Phi) is 9.06. The molecule has 0 bridgehead atoms. The second kappa shape index (κ2) is 13.2. The summed E-state index contributed by atoms with van der Waals surface area (Å²) in [6, 6.07) is 22.1. The van der Waals surface area contributed by atoms with E-state index in [9.17, 15) is 14.7 Å². The SMILES string of the molecule is Cc1nc(C)c([C@H](OC(C)(C)C)C(=O)O)c(-c2ccc3c(c2)CCCO3)c1-c1ccc2c(c1)CCN(C(=O)OCc1ccccc1)C2. The van der Waals surface area contributed by atoms with Gasteiger partial charge in [0.25, 0.3) is 0 Å². The Hall–Kier alpha value is -4.69. The van der Waals surface area contributed by atoms with Crippen LogP contribution in [0.2, 0.25) is 0 Å². The second-order valence-electron chi connectivity index (χ2n) is 13.4. The van der Waals surface area contributed by atoms with Crippen molar-refractivity contribution < 1.29 is 28.9 Å². The van der Waals surface area contributed by atoms with E-state index in [-0.39, 0.29) is 12.7 Å². The minimum absolute atomic E-state index is 0.234. The fourth-order valence-corrected chi connectivity index (χ4v) is 6.62. The molecule has 1 atom stereocenters. The summed E-state index contributed by atoms with van der Waals surface area (Å²) in [4.78, 5) is 32.5. The molecular weight excluding hydrogens is 592 g/mol. The van der Waals surface area contributed by atoms with Crippen LogP contribution in [0.5, 0.6) is 5.75 Å². The number of rotatable bonds is 7. The maximum Gasteiger partial charge on any atom is 0.410 e. The van der Waals surface area contributed by atoms with Gasteiger partial charge in [-0.2, -0.15) is 0 Å². The molecule has 244 valence electrons. The largest absolute Gasteiger partial charge is 0.493 e. The standard InChI is InChI=1S/C39H42N2O6/c1-24-33(29-13-14-31-22-41(18-17-27(31)20-29)38(44)46-23-26-10-7-6-8-11-26)35(30-15-16-32-28(21-30)12-9-19-45-32)34(25(2)40-24)36(37(42)43)47-39(3,4)5/h6-8,10-11,13-16,20-21,36H,9,12,17-19,22-23H2,1-5H3,(H,42,43)/t36-/m0/s1. The van der Waals surface area contributed by atoms with Crippen molar-refractivity contribution in [2.75, 3.05) is 13.2 Å². The van der Waals surface area contributed by atoms with Gasteiger partial charge in [-0.25, -0.2) is 9.59 Å². The number of nitrogens with zero attached hydrogens (tertiary/aromatic N) is 2. The second-order valence-corrected chi connectivity index (χ2v) is 13.4. The van der Waals surface area contributed by atoms with Gasteiger partial charge in [-0.1, -0.05) is 54.6 Å². The fraction of sp³-hybridized carbons (Fsp3) is 0.359. The number of aliphatic carboxylic acids is 1. The Bertz CT molecular complexity index is 1810. The molecule has 2 aliphatic rings. The normalized spacial score (nSPS) is 14.9. The lowest BCUT2D eigenvalue weighted by molar-refractivity contribution is -0.160. The van der Waals surface area contributed by atoms with E-state index >= 15 is 0 Å². The molecule has 4 aromatic rings. The van der Waals surface area contributed by atoms with E-state index < -0.39 is 17.7 Å². The lowest BCUT2D eigenvalue weighted by atomic mass is 9.84. The Labute approximate surface area is 276 Å². The van der Waals surface area contributed by atoms with Crippen LogP contribution in [0.1, 0.15) is 72.5 Å². The minimum atomic E-state index is -1.22. The van der Waals surface area contributed by atoms with Gasteiger partial charge in [0, 0.05) is 35.6 Å². The van der Waals surface area contributed by atoms with Crippen LogP contribution in [-0.4, -0.2) is 45.8 Å². The number of carboxylic acids is 1. The van der Waals surface area contributed by atoms with Gasteiger partial charge in [0.1, 0.15) is 12.4 Å². The van der Waals surface area contributed by atoms with Crippen molar-refractivity contribution in [2.45, 2.75) is 78.7 Å².